The van der Waals surface area contributed by atoms with Gasteiger partial charge in [-0.1, -0.05) is 0 Å². The number of aliphatic hydroxyl groups is 3. The highest BCUT2D eigenvalue weighted by Crippen LogP contribution is 2.32. The van der Waals surface area contributed by atoms with E-state index in [-0.39, 0.29) is 36.2 Å². The summed E-state index contributed by atoms with van der Waals surface area (Å²) in [6.45, 7) is -0.213. The molecule has 1 aliphatic rings. The summed E-state index contributed by atoms with van der Waals surface area (Å²) in [6, 6.07) is 5.05. The number of aromatic nitrogens is 3. The van der Waals surface area contributed by atoms with Gasteiger partial charge >= 0.3 is 12.3 Å². The minimum absolute atomic E-state index is 0.0611. The van der Waals surface area contributed by atoms with E-state index in [1.54, 1.807) is 0 Å². The normalized spacial score (nSPS) is 14.4. The number of fused-ring (bicyclic) bond motifs is 1. The smallest absolute Gasteiger partial charge is 0.325 e. The number of benzene rings is 1. The van der Waals surface area contributed by atoms with Crippen LogP contribution >= 0.6 is 0 Å². The molecule has 4 rings (SSSR count). The molecule has 1 aliphatic heterocycles. The predicted molar refractivity (Wildman–Crippen MR) is 104 cm³/mol. The Morgan fingerprint density at radius 2 is 1.79 bits per heavy atom. The van der Waals surface area contributed by atoms with Gasteiger partial charge in [0.05, 0.1) is 17.0 Å². The van der Waals surface area contributed by atoms with Gasteiger partial charge in [0.1, 0.15) is 12.1 Å². The summed E-state index contributed by atoms with van der Waals surface area (Å²) < 4.78 is 52.7. The summed E-state index contributed by atoms with van der Waals surface area (Å²) in [4.78, 5) is 25.4. The first kappa shape index (κ1) is 22.7. The molecule has 0 unspecified atom stereocenters. The van der Waals surface area contributed by atoms with Crippen LogP contribution in [0.25, 0.3) is 11.4 Å². The second-order valence-corrected chi connectivity index (χ2v) is 7.41. The van der Waals surface area contributed by atoms with Gasteiger partial charge in [0, 0.05) is 30.4 Å². The molecule has 0 fully saturated rings. The molecule has 0 radical (unpaired) electrons. The van der Waals surface area contributed by atoms with Crippen molar-refractivity contribution in [3.8, 4) is 11.4 Å². The number of nitrogens with zero attached hydrogens (tertiary/aromatic N) is 4. The summed E-state index contributed by atoms with van der Waals surface area (Å²) in [5.74, 6) is -1.86. The van der Waals surface area contributed by atoms with Crippen LogP contribution in [0.3, 0.4) is 0 Å². The van der Waals surface area contributed by atoms with Crippen molar-refractivity contribution in [1.29, 1.82) is 0 Å². The number of pyridine rings is 1. The average molecular weight is 464 g/mol. The third-order valence-corrected chi connectivity index (χ3v) is 5.12. The molecule has 8 nitrogen and oxygen atoms in total. The Balaban J connectivity index is 1.68. The van der Waals surface area contributed by atoms with Gasteiger partial charge in [-0.2, -0.15) is 13.2 Å². The fourth-order valence-electron chi connectivity index (χ4n) is 3.67. The number of carbonyl (C=O) groups excluding carboxylic acids is 1. The summed E-state index contributed by atoms with van der Waals surface area (Å²) in [5.41, 5.74) is 0.326. The van der Waals surface area contributed by atoms with Crippen molar-refractivity contribution in [2.45, 2.75) is 25.1 Å². The second kappa shape index (κ2) is 8.14. The van der Waals surface area contributed by atoms with Crippen molar-refractivity contribution in [3.63, 3.8) is 0 Å². The summed E-state index contributed by atoms with van der Waals surface area (Å²) in [7, 11) is 0. The Morgan fingerprint density at radius 3 is 2.48 bits per heavy atom. The van der Waals surface area contributed by atoms with E-state index in [9.17, 15) is 37.7 Å². The molecule has 1 amide bonds. The van der Waals surface area contributed by atoms with Crippen LogP contribution in [-0.4, -0.2) is 53.7 Å². The Hall–Kier alpha value is -3.48. The molecule has 3 aromatic rings. The lowest BCUT2D eigenvalue weighted by atomic mass is 9.96. The van der Waals surface area contributed by atoms with Gasteiger partial charge in [-0.15, -0.1) is 0 Å². The molecule has 0 spiro atoms. The molecule has 3 heterocycles. The molecule has 2 aromatic heterocycles. The minimum Gasteiger partial charge on any atom is -0.325 e. The molecule has 0 saturated carbocycles. The van der Waals surface area contributed by atoms with Crippen molar-refractivity contribution in [2.75, 3.05) is 6.54 Å². The van der Waals surface area contributed by atoms with E-state index < -0.39 is 29.6 Å². The molecule has 12 heteroatoms. The lowest BCUT2D eigenvalue weighted by molar-refractivity contribution is -0.378. The maximum atomic E-state index is 13.7. The summed E-state index contributed by atoms with van der Waals surface area (Å²) in [5, 5.41) is 28.1. The molecule has 0 saturated heterocycles. The number of hydrogen-bond donors (Lipinski definition) is 3. The number of carbonyl (C=O) groups is 1. The Bertz CT molecular complexity index is 1230. The van der Waals surface area contributed by atoms with Crippen LogP contribution in [0.5, 0.6) is 0 Å². The summed E-state index contributed by atoms with van der Waals surface area (Å²) in [6.07, 6.45) is -5.54. The van der Waals surface area contributed by atoms with Crippen LogP contribution in [-0.2, 0) is 19.0 Å². The molecular formula is C21H16F4N4O4. The van der Waals surface area contributed by atoms with Gasteiger partial charge < -0.3 is 15.3 Å². The maximum absolute atomic E-state index is 13.7. The largest absolute Gasteiger partial charge is 0.416 e. The van der Waals surface area contributed by atoms with Crippen LogP contribution in [0.2, 0.25) is 0 Å². The first-order chi connectivity index (χ1) is 15.4. The third kappa shape index (κ3) is 4.67. The van der Waals surface area contributed by atoms with Crippen LogP contribution in [0.4, 0.5) is 17.6 Å². The van der Waals surface area contributed by atoms with E-state index >= 15 is 0 Å². The maximum Gasteiger partial charge on any atom is 0.416 e. The SMILES string of the molecule is O=C1c2ccnc(-c3cc(Cc4cc(F)cc(C(F)(F)F)c4)ncn3)c2CCN1C(O)(O)O. The van der Waals surface area contributed by atoms with Crippen LogP contribution in [0.1, 0.15) is 32.7 Å². The first-order valence-electron chi connectivity index (χ1n) is 9.58. The van der Waals surface area contributed by atoms with Gasteiger partial charge in [-0.25, -0.2) is 14.4 Å². The molecule has 1 aromatic carbocycles. The average Bonchev–Trinajstić information content (AvgIpc) is 2.72. The van der Waals surface area contributed by atoms with E-state index in [1.807, 2.05) is 0 Å². The zero-order valence-corrected chi connectivity index (χ0v) is 16.7. The highest BCUT2D eigenvalue weighted by atomic mass is 19.4. The Morgan fingerprint density at radius 1 is 1.03 bits per heavy atom. The van der Waals surface area contributed by atoms with Gasteiger partial charge in [0.25, 0.3) is 5.91 Å². The predicted octanol–water partition coefficient (Wildman–Crippen LogP) is 1.87. The van der Waals surface area contributed by atoms with E-state index in [4.69, 9.17) is 0 Å². The standard InChI is InChI=1S/C21H16F4N4O4/c22-13-6-11(5-12(8-13)20(23,24)25)7-14-9-17(28-10-27-14)18-15-2-4-29(21(31,32)33)19(30)16(15)1-3-26-18/h1,3,5-6,8-10,31-33H,2,4,7H2. The van der Waals surface area contributed by atoms with Gasteiger partial charge in [0.15, 0.2) is 0 Å². The molecule has 0 bridgehead atoms. The van der Waals surface area contributed by atoms with Crippen molar-refractivity contribution in [1.82, 2.24) is 19.9 Å². The van der Waals surface area contributed by atoms with Crippen LogP contribution < -0.4 is 0 Å². The van der Waals surface area contributed by atoms with E-state index in [0.717, 1.165) is 12.1 Å². The molecule has 0 atom stereocenters. The minimum atomic E-state index is -4.70. The number of halogens is 4. The molecule has 33 heavy (non-hydrogen) atoms. The molecule has 0 aliphatic carbocycles. The molecule has 172 valence electrons. The van der Waals surface area contributed by atoms with Crippen molar-refractivity contribution >= 4 is 5.91 Å². The highest BCUT2D eigenvalue weighted by Gasteiger charge is 2.39. The topological polar surface area (TPSA) is 120 Å². The third-order valence-electron chi connectivity index (χ3n) is 5.12. The zero-order chi connectivity index (χ0) is 24.0. The van der Waals surface area contributed by atoms with Gasteiger partial charge in [0.2, 0.25) is 0 Å². The monoisotopic (exact) mass is 464 g/mol. The molecule has 3 N–H and O–H groups in total. The Labute approximate surface area is 183 Å². The van der Waals surface area contributed by atoms with Crippen molar-refractivity contribution in [2.24, 2.45) is 0 Å². The van der Waals surface area contributed by atoms with E-state index in [0.29, 0.717) is 27.9 Å². The second-order valence-electron chi connectivity index (χ2n) is 7.41. The van der Waals surface area contributed by atoms with E-state index in [1.165, 1.54) is 24.7 Å². The van der Waals surface area contributed by atoms with Crippen LogP contribution in [0.15, 0.2) is 42.9 Å². The fourth-order valence-corrected chi connectivity index (χ4v) is 3.67. The van der Waals surface area contributed by atoms with Gasteiger partial charge in [-0.3, -0.25) is 14.7 Å². The van der Waals surface area contributed by atoms with Crippen molar-refractivity contribution < 1.29 is 37.7 Å². The quantitative estimate of drug-likeness (QED) is 0.398. The molecular weight excluding hydrogens is 448 g/mol. The fraction of sp³-hybridized carbons (Fsp3) is 0.238. The van der Waals surface area contributed by atoms with Gasteiger partial charge in [-0.05, 0) is 47.9 Å². The number of hydrogen-bond acceptors (Lipinski definition) is 7. The number of amides is 1. The Kier molecular flexibility index (Phi) is 5.60. The lowest BCUT2D eigenvalue weighted by Crippen LogP contribution is -2.54. The number of alkyl halides is 3. The zero-order valence-electron chi connectivity index (χ0n) is 16.7. The summed E-state index contributed by atoms with van der Waals surface area (Å²) >= 11 is 0. The van der Waals surface area contributed by atoms with E-state index in [2.05, 4.69) is 15.0 Å². The van der Waals surface area contributed by atoms with Crippen LogP contribution in [0, 0.1) is 5.82 Å². The highest BCUT2D eigenvalue weighted by molar-refractivity contribution is 5.98. The van der Waals surface area contributed by atoms with Crippen molar-refractivity contribution in [3.05, 3.63) is 76.6 Å². The lowest BCUT2D eigenvalue weighted by Gasteiger charge is -2.34. The number of rotatable bonds is 4. The first-order valence-corrected chi connectivity index (χ1v) is 9.58.